The van der Waals surface area contributed by atoms with Crippen molar-refractivity contribution in [3.8, 4) is 0 Å². The van der Waals surface area contributed by atoms with Gasteiger partial charge >= 0.3 is 6.18 Å². The number of nitrogens with zero attached hydrogens (tertiary/aromatic N) is 4. The predicted molar refractivity (Wildman–Crippen MR) is 109 cm³/mol. The molecule has 0 saturated carbocycles. The zero-order valence-electron chi connectivity index (χ0n) is 17.1. The fourth-order valence-electron chi connectivity index (χ4n) is 3.99. The van der Waals surface area contributed by atoms with E-state index in [1.807, 2.05) is 24.0 Å². The number of pyridine rings is 1. The van der Waals surface area contributed by atoms with Crippen molar-refractivity contribution in [3.63, 3.8) is 0 Å². The number of carbonyl (C=O) groups excluding carboxylic acids is 1. The van der Waals surface area contributed by atoms with Gasteiger partial charge in [0.1, 0.15) is 6.54 Å². The van der Waals surface area contributed by atoms with Crippen molar-refractivity contribution in [2.45, 2.75) is 38.4 Å². The van der Waals surface area contributed by atoms with Crippen LogP contribution < -0.4 is 0 Å². The van der Waals surface area contributed by atoms with Crippen LogP contribution >= 0.6 is 0 Å². The third-order valence-electron chi connectivity index (χ3n) is 5.54. The SMILES string of the molecule is Cc1cc(Cc2ccc(C(F)(F)F)cc2)cc(C2CCN(C(=O)Cn3cccn3)C2)n1. The number of likely N-dealkylation sites (tertiary alicyclic amines) is 1. The second kappa shape index (κ2) is 8.53. The molecule has 0 radical (unpaired) electrons. The first-order valence-corrected chi connectivity index (χ1v) is 10.2. The highest BCUT2D eigenvalue weighted by molar-refractivity contribution is 5.76. The van der Waals surface area contributed by atoms with Gasteiger partial charge in [0.25, 0.3) is 0 Å². The molecule has 1 aromatic carbocycles. The summed E-state index contributed by atoms with van der Waals surface area (Å²) in [7, 11) is 0. The fraction of sp³-hybridized carbons (Fsp3) is 0.348. The van der Waals surface area contributed by atoms with Gasteiger partial charge in [0.15, 0.2) is 0 Å². The van der Waals surface area contributed by atoms with Crippen LogP contribution in [0.25, 0.3) is 0 Å². The number of amides is 1. The van der Waals surface area contributed by atoms with E-state index in [0.717, 1.165) is 41.1 Å². The highest BCUT2D eigenvalue weighted by atomic mass is 19.4. The summed E-state index contributed by atoms with van der Waals surface area (Å²) in [5.74, 6) is 0.177. The Morgan fingerprint density at radius 1 is 1.16 bits per heavy atom. The molecular formula is C23H23F3N4O. The van der Waals surface area contributed by atoms with Crippen LogP contribution in [0.1, 0.15) is 40.4 Å². The Hall–Kier alpha value is -3.16. The number of hydrogen-bond acceptors (Lipinski definition) is 3. The van der Waals surface area contributed by atoms with Crippen molar-refractivity contribution in [3.05, 3.63) is 82.9 Å². The van der Waals surface area contributed by atoms with Crippen LogP contribution in [0.3, 0.4) is 0 Å². The topological polar surface area (TPSA) is 51.0 Å². The van der Waals surface area contributed by atoms with Crippen molar-refractivity contribution in [2.75, 3.05) is 13.1 Å². The minimum absolute atomic E-state index is 0.0313. The number of hydrogen-bond donors (Lipinski definition) is 0. The van der Waals surface area contributed by atoms with Crippen LogP contribution in [-0.4, -0.2) is 38.7 Å². The Kier molecular flexibility index (Phi) is 5.80. The lowest BCUT2D eigenvalue weighted by atomic mass is 9.98. The van der Waals surface area contributed by atoms with Crippen molar-refractivity contribution in [1.29, 1.82) is 0 Å². The minimum Gasteiger partial charge on any atom is -0.340 e. The Balaban J connectivity index is 1.44. The van der Waals surface area contributed by atoms with E-state index < -0.39 is 11.7 Å². The first kappa shape index (κ1) is 21.1. The van der Waals surface area contributed by atoms with E-state index in [1.165, 1.54) is 12.1 Å². The third kappa shape index (κ3) is 5.13. The van der Waals surface area contributed by atoms with Gasteiger partial charge < -0.3 is 4.90 Å². The molecule has 0 aliphatic carbocycles. The third-order valence-corrected chi connectivity index (χ3v) is 5.54. The molecule has 1 unspecified atom stereocenters. The summed E-state index contributed by atoms with van der Waals surface area (Å²) in [5.41, 5.74) is 2.96. The lowest BCUT2D eigenvalue weighted by Crippen LogP contribution is -2.31. The van der Waals surface area contributed by atoms with Gasteiger partial charge in [0, 0.05) is 42.8 Å². The number of halogens is 3. The van der Waals surface area contributed by atoms with Gasteiger partial charge in [-0.3, -0.25) is 14.5 Å². The molecule has 1 aliphatic heterocycles. The quantitative estimate of drug-likeness (QED) is 0.612. The Bertz CT molecular complexity index is 1050. The largest absolute Gasteiger partial charge is 0.416 e. The molecule has 8 heteroatoms. The van der Waals surface area contributed by atoms with Gasteiger partial charge in [0.2, 0.25) is 5.91 Å². The molecular weight excluding hydrogens is 405 g/mol. The molecule has 3 aromatic rings. The van der Waals surface area contributed by atoms with E-state index in [2.05, 4.69) is 10.1 Å². The average molecular weight is 428 g/mol. The van der Waals surface area contributed by atoms with E-state index in [4.69, 9.17) is 0 Å². The fourth-order valence-corrected chi connectivity index (χ4v) is 3.99. The lowest BCUT2D eigenvalue weighted by molar-refractivity contribution is -0.137. The highest BCUT2D eigenvalue weighted by Crippen LogP contribution is 2.30. The van der Waals surface area contributed by atoms with Crippen LogP contribution in [-0.2, 0) is 23.9 Å². The molecule has 1 fully saturated rings. The number of aromatic nitrogens is 3. The van der Waals surface area contributed by atoms with E-state index in [9.17, 15) is 18.0 Å². The molecule has 4 rings (SSSR count). The molecule has 1 atom stereocenters. The van der Waals surface area contributed by atoms with Crippen molar-refractivity contribution in [1.82, 2.24) is 19.7 Å². The van der Waals surface area contributed by atoms with Gasteiger partial charge in [-0.05, 0) is 61.2 Å². The zero-order chi connectivity index (χ0) is 22.0. The standard InChI is InChI=1S/C23H23F3N4O/c1-16-11-18(12-17-3-5-20(6-4-17)23(24,25)26)13-21(28-16)19-7-10-29(14-19)22(31)15-30-9-2-8-27-30/h2-6,8-9,11,13,19H,7,10,12,14-15H2,1H3. The summed E-state index contributed by atoms with van der Waals surface area (Å²) in [4.78, 5) is 19.0. The highest BCUT2D eigenvalue weighted by Gasteiger charge is 2.30. The van der Waals surface area contributed by atoms with Crippen LogP contribution in [0, 0.1) is 6.92 Å². The molecule has 1 aliphatic rings. The van der Waals surface area contributed by atoms with Gasteiger partial charge in [-0.25, -0.2) is 0 Å². The Morgan fingerprint density at radius 2 is 1.94 bits per heavy atom. The second-order valence-corrected chi connectivity index (χ2v) is 7.94. The first-order chi connectivity index (χ1) is 14.8. The number of aryl methyl sites for hydroxylation is 1. The van der Waals surface area contributed by atoms with E-state index in [0.29, 0.717) is 19.5 Å². The summed E-state index contributed by atoms with van der Waals surface area (Å²) in [6.07, 6.45) is 0.447. The summed E-state index contributed by atoms with van der Waals surface area (Å²) >= 11 is 0. The van der Waals surface area contributed by atoms with Crippen LogP contribution in [0.4, 0.5) is 13.2 Å². The van der Waals surface area contributed by atoms with Crippen molar-refractivity contribution < 1.29 is 18.0 Å². The summed E-state index contributed by atoms with van der Waals surface area (Å²) < 4.78 is 39.9. The van der Waals surface area contributed by atoms with Crippen molar-refractivity contribution in [2.24, 2.45) is 0 Å². The van der Waals surface area contributed by atoms with Crippen LogP contribution in [0.2, 0.25) is 0 Å². The first-order valence-electron chi connectivity index (χ1n) is 10.2. The molecule has 0 spiro atoms. The summed E-state index contributed by atoms with van der Waals surface area (Å²) in [6.45, 7) is 3.42. The van der Waals surface area contributed by atoms with Crippen LogP contribution in [0.15, 0.2) is 54.9 Å². The minimum atomic E-state index is -4.33. The molecule has 1 saturated heterocycles. The molecule has 162 valence electrons. The normalized spacial score (nSPS) is 16.6. The molecule has 2 aromatic heterocycles. The van der Waals surface area contributed by atoms with Gasteiger partial charge in [-0.15, -0.1) is 0 Å². The number of benzene rings is 1. The van der Waals surface area contributed by atoms with E-state index in [1.54, 1.807) is 23.1 Å². The smallest absolute Gasteiger partial charge is 0.340 e. The maximum Gasteiger partial charge on any atom is 0.416 e. The number of carbonyl (C=O) groups is 1. The molecule has 0 N–H and O–H groups in total. The molecule has 31 heavy (non-hydrogen) atoms. The monoisotopic (exact) mass is 428 g/mol. The maximum atomic E-state index is 12.8. The predicted octanol–water partition coefficient (Wildman–Crippen LogP) is 4.21. The van der Waals surface area contributed by atoms with Crippen molar-refractivity contribution >= 4 is 5.91 Å². The van der Waals surface area contributed by atoms with Gasteiger partial charge in [-0.1, -0.05) is 12.1 Å². The van der Waals surface area contributed by atoms with Gasteiger partial charge in [-0.2, -0.15) is 18.3 Å². The summed E-state index contributed by atoms with van der Waals surface area (Å²) in [6, 6.07) is 11.0. The lowest BCUT2D eigenvalue weighted by Gasteiger charge is -2.17. The molecule has 5 nitrogen and oxygen atoms in total. The van der Waals surface area contributed by atoms with E-state index in [-0.39, 0.29) is 18.4 Å². The van der Waals surface area contributed by atoms with Crippen LogP contribution in [0.5, 0.6) is 0 Å². The number of alkyl halides is 3. The Morgan fingerprint density at radius 3 is 2.61 bits per heavy atom. The van der Waals surface area contributed by atoms with E-state index >= 15 is 0 Å². The Labute approximate surface area is 178 Å². The van der Waals surface area contributed by atoms with Gasteiger partial charge in [0.05, 0.1) is 5.56 Å². The zero-order valence-corrected chi connectivity index (χ0v) is 17.1. The number of rotatable bonds is 5. The average Bonchev–Trinajstić information content (AvgIpc) is 3.39. The molecule has 1 amide bonds. The molecule has 0 bridgehead atoms. The summed E-state index contributed by atoms with van der Waals surface area (Å²) in [5, 5.41) is 4.08. The maximum absolute atomic E-state index is 12.8. The molecule has 3 heterocycles. The second-order valence-electron chi connectivity index (χ2n) is 7.94.